The molecule has 1 unspecified atom stereocenters. The maximum Gasteiger partial charge on any atom is 0.250 e. The highest BCUT2D eigenvalue weighted by molar-refractivity contribution is 5.88. The van der Waals surface area contributed by atoms with Crippen LogP contribution in [0.4, 0.5) is 0 Å². The predicted molar refractivity (Wildman–Crippen MR) is 90.2 cm³/mol. The third-order valence-electron chi connectivity index (χ3n) is 4.55. The number of imidazole rings is 1. The molecule has 1 aromatic carbocycles. The van der Waals surface area contributed by atoms with E-state index in [1.807, 2.05) is 55.1 Å². The Hall–Kier alpha value is -1.59. The zero-order chi connectivity index (χ0) is 15.0. The third-order valence-corrected chi connectivity index (χ3v) is 4.55. The van der Waals surface area contributed by atoms with Crippen LogP contribution in [-0.4, -0.2) is 52.9 Å². The summed E-state index contributed by atoms with van der Waals surface area (Å²) in [6, 6.07) is 7.88. The first kappa shape index (κ1) is 16.8. The third kappa shape index (κ3) is 2.59. The quantitative estimate of drug-likeness (QED) is 0.944. The van der Waals surface area contributed by atoms with Crippen molar-refractivity contribution in [3.63, 3.8) is 0 Å². The summed E-state index contributed by atoms with van der Waals surface area (Å²) in [7, 11) is 3.86. The summed E-state index contributed by atoms with van der Waals surface area (Å²) in [5.74, 6) is 0.842. The number of carbonyl (C=O) groups is 1. The number of benzene rings is 1. The zero-order valence-corrected chi connectivity index (χ0v) is 14.1. The number of hydrogen-bond donors (Lipinski definition) is 1. The van der Waals surface area contributed by atoms with Gasteiger partial charge in [0.25, 0.3) is 5.91 Å². The van der Waals surface area contributed by atoms with E-state index in [0.29, 0.717) is 5.82 Å². The highest BCUT2D eigenvalue weighted by atomic mass is 35.5. The molecule has 1 aromatic heterocycles. The maximum absolute atomic E-state index is 13.0. The number of carbonyl (C=O) groups excluding carboxylic acids is 1. The molecule has 1 amide bonds. The Balaban J connectivity index is 0.00000176. The van der Waals surface area contributed by atoms with Crippen LogP contribution >= 0.6 is 12.4 Å². The maximum atomic E-state index is 13.0. The van der Waals surface area contributed by atoms with E-state index in [9.17, 15) is 4.79 Å². The second-order valence-electron chi connectivity index (χ2n) is 6.07. The number of halogens is 1. The number of nitrogens with zero attached hydrogens (tertiary/aromatic N) is 3. The van der Waals surface area contributed by atoms with Crippen LogP contribution in [0, 0.1) is 0 Å². The van der Waals surface area contributed by atoms with E-state index in [-0.39, 0.29) is 18.3 Å². The summed E-state index contributed by atoms with van der Waals surface area (Å²) >= 11 is 0. The first-order valence-electron chi connectivity index (χ1n) is 7.45. The molecule has 1 fully saturated rings. The molecular weight excluding hydrogens is 300 g/mol. The van der Waals surface area contributed by atoms with E-state index in [2.05, 4.69) is 9.97 Å². The number of amides is 1. The smallest absolute Gasteiger partial charge is 0.250 e. The second-order valence-corrected chi connectivity index (χ2v) is 6.07. The van der Waals surface area contributed by atoms with Crippen molar-refractivity contribution in [3.05, 3.63) is 30.1 Å². The van der Waals surface area contributed by atoms with Gasteiger partial charge in [0, 0.05) is 13.1 Å². The lowest BCUT2D eigenvalue weighted by Crippen LogP contribution is -2.53. The number of fused-ring (bicyclic) bond motifs is 1. The molecule has 0 bridgehead atoms. The monoisotopic (exact) mass is 322 g/mol. The molecule has 0 spiro atoms. The Bertz CT molecular complexity index is 630. The highest BCUT2D eigenvalue weighted by Gasteiger charge is 2.43. The van der Waals surface area contributed by atoms with E-state index in [0.717, 1.165) is 37.0 Å². The van der Waals surface area contributed by atoms with Crippen molar-refractivity contribution < 1.29 is 4.79 Å². The number of rotatable bonds is 3. The fourth-order valence-corrected chi connectivity index (χ4v) is 2.92. The Morgan fingerprint density at radius 3 is 2.50 bits per heavy atom. The van der Waals surface area contributed by atoms with Gasteiger partial charge in [-0.25, -0.2) is 4.98 Å². The number of likely N-dealkylation sites (tertiary alicyclic amines) is 1. The van der Waals surface area contributed by atoms with Crippen LogP contribution in [0.3, 0.4) is 0 Å². The van der Waals surface area contributed by atoms with E-state index in [4.69, 9.17) is 0 Å². The van der Waals surface area contributed by atoms with Crippen molar-refractivity contribution >= 4 is 29.3 Å². The fourth-order valence-electron chi connectivity index (χ4n) is 2.92. The Morgan fingerprint density at radius 2 is 1.91 bits per heavy atom. The van der Waals surface area contributed by atoms with Gasteiger partial charge in [-0.15, -0.1) is 12.4 Å². The van der Waals surface area contributed by atoms with E-state index in [1.165, 1.54) is 0 Å². The normalized spacial score (nSPS) is 17.5. The SMILES string of the molecule is CN(C)C(C)(C(=O)N1CCCC1)c1nc2ccccc2[nH]1.Cl. The van der Waals surface area contributed by atoms with Gasteiger partial charge in [-0.3, -0.25) is 9.69 Å². The number of H-pyrrole nitrogens is 1. The molecule has 1 aliphatic rings. The van der Waals surface area contributed by atoms with E-state index < -0.39 is 5.54 Å². The lowest BCUT2D eigenvalue weighted by Gasteiger charge is -2.36. The van der Waals surface area contributed by atoms with Crippen LogP contribution in [0.2, 0.25) is 0 Å². The standard InChI is InChI=1S/C16H22N4O.ClH/c1-16(19(2)3,15(21)20-10-6-7-11-20)14-17-12-8-4-5-9-13(12)18-14;/h4-5,8-9H,6-7,10-11H2,1-3H3,(H,17,18);1H. The Morgan fingerprint density at radius 1 is 1.27 bits per heavy atom. The molecule has 1 N–H and O–H groups in total. The van der Waals surface area contributed by atoms with Crippen molar-refractivity contribution in [2.24, 2.45) is 0 Å². The van der Waals surface area contributed by atoms with Crippen molar-refractivity contribution in [1.82, 2.24) is 19.8 Å². The average molecular weight is 323 g/mol. The number of aromatic nitrogens is 2. The largest absolute Gasteiger partial charge is 0.341 e. The van der Waals surface area contributed by atoms with Crippen LogP contribution in [0.15, 0.2) is 24.3 Å². The molecule has 3 rings (SSSR count). The van der Waals surface area contributed by atoms with Gasteiger partial charge in [0.05, 0.1) is 11.0 Å². The van der Waals surface area contributed by atoms with Gasteiger partial charge >= 0.3 is 0 Å². The molecule has 1 saturated heterocycles. The second kappa shape index (κ2) is 6.26. The van der Waals surface area contributed by atoms with E-state index >= 15 is 0 Å². The minimum Gasteiger partial charge on any atom is -0.341 e. The molecule has 0 radical (unpaired) electrons. The molecule has 6 heteroatoms. The highest BCUT2D eigenvalue weighted by Crippen LogP contribution is 2.29. The van der Waals surface area contributed by atoms with Crippen molar-refractivity contribution in [1.29, 1.82) is 0 Å². The van der Waals surface area contributed by atoms with Gasteiger partial charge in [0.1, 0.15) is 5.82 Å². The summed E-state index contributed by atoms with van der Waals surface area (Å²) in [4.78, 5) is 24.9. The average Bonchev–Trinajstić information content (AvgIpc) is 3.14. The Labute approximate surface area is 137 Å². The van der Waals surface area contributed by atoms with Gasteiger partial charge < -0.3 is 9.88 Å². The van der Waals surface area contributed by atoms with Crippen LogP contribution in [0.5, 0.6) is 0 Å². The molecule has 5 nitrogen and oxygen atoms in total. The predicted octanol–water partition coefficient (Wildman–Crippen LogP) is 2.38. The minimum absolute atomic E-state index is 0. The first-order chi connectivity index (χ1) is 10.0. The van der Waals surface area contributed by atoms with Gasteiger partial charge in [-0.05, 0) is 46.0 Å². The molecule has 2 heterocycles. The molecule has 22 heavy (non-hydrogen) atoms. The number of hydrogen-bond acceptors (Lipinski definition) is 3. The molecule has 0 aliphatic carbocycles. The van der Waals surface area contributed by atoms with Crippen molar-refractivity contribution in [3.8, 4) is 0 Å². The summed E-state index contributed by atoms with van der Waals surface area (Å²) < 4.78 is 0. The summed E-state index contributed by atoms with van der Waals surface area (Å²) in [5.41, 5.74) is 1.10. The zero-order valence-electron chi connectivity index (χ0n) is 13.3. The molecule has 2 aromatic rings. The van der Waals surface area contributed by atoms with Crippen LogP contribution in [-0.2, 0) is 10.3 Å². The molecule has 1 aliphatic heterocycles. The summed E-state index contributed by atoms with van der Waals surface area (Å²) in [5, 5.41) is 0. The lowest BCUT2D eigenvalue weighted by atomic mass is 9.98. The van der Waals surface area contributed by atoms with Gasteiger partial charge in [0.15, 0.2) is 5.54 Å². The topological polar surface area (TPSA) is 52.2 Å². The van der Waals surface area contributed by atoms with E-state index in [1.54, 1.807) is 0 Å². The van der Waals surface area contributed by atoms with Crippen LogP contribution in [0.1, 0.15) is 25.6 Å². The molecule has 0 saturated carbocycles. The van der Waals surface area contributed by atoms with Crippen molar-refractivity contribution in [2.45, 2.75) is 25.3 Å². The van der Waals surface area contributed by atoms with Gasteiger partial charge in [0.2, 0.25) is 0 Å². The lowest BCUT2D eigenvalue weighted by molar-refractivity contribution is -0.142. The number of nitrogens with one attached hydrogen (secondary N) is 1. The number of likely N-dealkylation sites (N-methyl/N-ethyl adjacent to an activating group) is 1. The summed E-state index contributed by atoms with van der Waals surface area (Å²) in [6.45, 7) is 3.65. The van der Waals surface area contributed by atoms with Gasteiger partial charge in [-0.2, -0.15) is 0 Å². The number of para-hydroxylation sites is 2. The first-order valence-corrected chi connectivity index (χ1v) is 7.45. The number of aromatic amines is 1. The minimum atomic E-state index is -0.761. The molecular formula is C16H23ClN4O. The van der Waals surface area contributed by atoms with Gasteiger partial charge in [-0.1, -0.05) is 12.1 Å². The van der Waals surface area contributed by atoms with Crippen LogP contribution < -0.4 is 0 Å². The Kier molecular flexibility index (Phi) is 4.78. The molecule has 1 atom stereocenters. The van der Waals surface area contributed by atoms with Crippen LogP contribution in [0.25, 0.3) is 11.0 Å². The fraction of sp³-hybridized carbons (Fsp3) is 0.500. The van der Waals surface area contributed by atoms with Crippen molar-refractivity contribution in [2.75, 3.05) is 27.2 Å². The summed E-state index contributed by atoms with van der Waals surface area (Å²) in [6.07, 6.45) is 2.19. The molecule has 120 valence electrons.